The molecule has 62 heavy (non-hydrogen) atoms. The standard InChI is InChI=1S/C45H59N11O6/c1-27(2)26-56(55-44(61)39(52-41(58)28(3)47)23-31-25-50-35-18-10-8-16-33(31)35)45(62)54-38(22-30-24-49-34-17-9-7-15-32(30)34)43(60)53-37(21-29-13-5-4-6-14-29)42(59)51-36(40(48)57)19-11-12-20-46/h4-10,13-18,24-25,27-28,36-39,49-50H,11-12,19-23,26,46-47H2,1-3H3,(H2,48,57)(H,51,59)(H,52,58)(H,53,60)(H,54,62)(H,55,61)/t28-,36-,37+,38-,39?/m0/s1. The summed E-state index contributed by atoms with van der Waals surface area (Å²) in [5.74, 6) is -3.47. The molecule has 5 aromatic rings. The highest BCUT2D eigenvalue weighted by molar-refractivity contribution is 5.96. The van der Waals surface area contributed by atoms with Gasteiger partial charge < -0.3 is 48.4 Å². The van der Waals surface area contributed by atoms with Gasteiger partial charge in [0.2, 0.25) is 23.6 Å². The molecule has 17 heteroatoms. The minimum absolute atomic E-state index is 0.0125. The third-order valence-corrected chi connectivity index (χ3v) is 10.4. The Kier molecular flexibility index (Phi) is 16.6. The number of benzene rings is 3. The molecule has 7 amide bonds. The van der Waals surface area contributed by atoms with Crippen LogP contribution < -0.4 is 43.9 Å². The summed E-state index contributed by atoms with van der Waals surface area (Å²) in [4.78, 5) is 88.7. The zero-order valence-corrected chi connectivity index (χ0v) is 35.4. The number of hydrazine groups is 1. The van der Waals surface area contributed by atoms with Crippen LogP contribution in [0.3, 0.4) is 0 Å². The number of H-pyrrole nitrogens is 2. The topological polar surface area (TPSA) is 275 Å². The van der Waals surface area contributed by atoms with Crippen molar-refractivity contribution in [3.8, 4) is 0 Å². The van der Waals surface area contributed by atoms with Gasteiger partial charge in [-0.25, -0.2) is 9.80 Å². The van der Waals surface area contributed by atoms with Gasteiger partial charge >= 0.3 is 6.03 Å². The fourth-order valence-electron chi connectivity index (χ4n) is 7.13. The number of hydrogen-bond acceptors (Lipinski definition) is 8. The average Bonchev–Trinajstić information content (AvgIpc) is 3.86. The number of carbonyl (C=O) groups excluding carboxylic acids is 6. The fraction of sp³-hybridized carbons (Fsp3) is 0.378. The zero-order valence-electron chi connectivity index (χ0n) is 35.4. The van der Waals surface area contributed by atoms with E-state index in [-0.39, 0.29) is 38.1 Å². The van der Waals surface area contributed by atoms with Gasteiger partial charge in [0.05, 0.1) is 6.04 Å². The number of urea groups is 1. The smallest absolute Gasteiger partial charge is 0.336 e. The van der Waals surface area contributed by atoms with E-state index >= 15 is 0 Å². The van der Waals surface area contributed by atoms with Crippen molar-refractivity contribution in [2.75, 3.05) is 13.1 Å². The number of nitrogens with one attached hydrogen (secondary N) is 7. The Morgan fingerprint density at radius 1 is 0.613 bits per heavy atom. The van der Waals surface area contributed by atoms with E-state index in [4.69, 9.17) is 17.2 Å². The third kappa shape index (κ3) is 12.9. The molecule has 0 radical (unpaired) electrons. The highest BCUT2D eigenvalue weighted by Gasteiger charge is 2.33. The first kappa shape index (κ1) is 46.3. The number of rotatable bonds is 21. The van der Waals surface area contributed by atoms with Crippen molar-refractivity contribution in [1.29, 1.82) is 0 Å². The summed E-state index contributed by atoms with van der Waals surface area (Å²) < 4.78 is 0. The Morgan fingerprint density at radius 2 is 1.11 bits per heavy atom. The number of carbonyl (C=O) groups is 6. The van der Waals surface area contributed by atoms with Gasteiger partial charge in [-0.3, -0.25) is 29.4 Å². The summed E-state index contributed by atoms with van der Waals surface area (Å²) in [6.07, 6.45) is 5.06. The molecule has 0 fully saturated rings. The summed E-state index contributed by atoms with van der Waals surface area (Å²) >= 11 is 0. The normalized spacial score (nSPS) is 13.7. The molecule has 0 saturated carbocycles. The van der Waals surface area contributed by atoms with Gasteiger partial charge in [0.25, 0.3) is 5.91 Å². The van der Waals surface area contributed by atoms with Crippen LogP contribution in [0.1, 0.15) is 56.7 Å². The van der Waals surface area contributed by atoms with E-state index in [1.165, 1.54) is 6.92 Å². The second-order valence-corrected chi connectivity index (χ2v) is 16.0. The van der Waals surface area contributed by atoms with E-state index in [1.807, 2.05) is 68.4 Å². The maximum absolute atomic E-state index is 14.5. The van der Waals surface area contributed by atoms with E-state index < -0.39 is 65.8 Å². The van der Waals surface area contributed by atoms with E-state index in [1.54, 1.807) is 36.7 Å². The molecule has 5 atom stereocenters. The number of amides is 7. The van der Waals surface area contributed by atoms with Crippen molar-refractivity contribution >= 4 is 57.4 Å². The number of fused-ring (bicyclic) bond motifs is 2. The number of primary amides is 1. The van der Waals surface area contributed by atoms with Crippen molar-refractivity contribution < 1.29 is 28.8 Å². The lowest BCUT2D eigenvalue weighted by Gasteiger charge is -2.30. The predicted molar refractivity (Wildman–Crippen MR) is 238 cm³/mol. The quantitative estimate of drug-likeness (QED) is 0.0385. The molecule has 2 heterocycles. The molecular weight excluding hydrogens is 791 g/mol. The largest absolute Gasteiger partial charge is 0.368 e. The van der Waals surface area contributed by atoms with Crippen LogP contribution in [0.5, 0.6) is 0 Å². The third-order valence-electron chi connectivity index (χ3n) is 10.4. The molecule has 0 saturated heterocycles. The molecule has 0 aliphatic heterocycles. The highest BCUT2D eigenvalue weighted by atomic mass is 16.2. The summed E-state index contributed by atoms with van der Waals surface area (Å²) in [6, 6.07) is 17.7. The summed E-state index contributed by atoms with van der Waals surface area (Å²) in [5, 5.41) is 13.8. The van der Waals surface area contributed by atoms with Crippen molar-refractivity contribution in [3.05, 3.63) is 108 Å². The number of aromatic nitrogens is 2. The van der Waals surface area contributed by atoms with Crippen LogP contribution in [0.15, 0.2) is 91.3 Å². The minimum atomic E-state index is -1.28. The van der Waals surface area contributed by atoms with Gasteiger partial charge in [0.15, 0.2) is 0 Å². The molecule has 0 aliphatic rings. The first-order valence-electron chi connectivity index (χ1n) is 20.9. The predicted octanol–water partition coefficient (Wildman–Crippen LogP) is 2.16. The van der Waals surface area contributed by atoms with Crippen molar-refractivity contribution in [2.24, 2.45) is 23.1 Å². The molecule has 1 unspecified atom stereocenters. The monoisotopic (exact) mass is 849 g/mol. The first-order valence-corrected chi connectivity index (χ1v) is 20.9. The van der Waals surface area contributed by atoms with E-state index in [0.29, 0.717) is 24.9 Å². The Hall–Kier alpha value is -6.72. The van der Waals surface area contributed by atoms with Gasteiger partial charge in [-0.2, -0.15) is 0 Å². The van der Waals surface area contributed by atoms with E-state index in [0.717, 1.165) is 37.9 Å². The maximum atomic E-state index is 14.5. The lowest BCUT2D eigenvalue weighted by molar-refractivity contribution is -0.132. The molecule has 3 aromatic carbocycles. The second kappa shape index (κ2) is 22.2. The Balaban J connectivity index is 1.43. The molecule has 2 aromatic heterocycles. The number of para-hydroxylation sites is 2. The summed E-state index contributed by atoms with van der Waals surface area (Å²) in [7, 11) is 0. The van der Waals surface area contributed by atoms with Crippen LogP contribution in [0.2, 0.25) is 0 Å². The zero-order chi connectivity index (χ0) is 44.8. The maximum Gasteiger partial charge on any atom is 0.336 e. The van der Waals surface area contributed by atoms with Gasteiger partial charge in [-0.1, -0.05) is 80.6 Å². The molecule has 0 aliphatic carbocycles. The van der Waals surface area contributed by atoms with Crippen molar-refractivity contribution in [2.45, 2.75) is 89.5 Å². The Bertz CT molecular complexity index is 2310. The van der Waals surface area contributed by atoms with Crippen LogP contribution in [-0.4, -0.2) is 93.8 Å². The van der Waals surface area contributed by atoms with Gasteiger partial charge in [-0.15, -0.1) is 0 Å². The van der Waals surface area contributed by atoms with Crippen molar-refractivity contribution in [3.63, 3.8) is 0 Å². The molecule has 17 nitrogen and oxygen atoms in total. The van der Waals surface area contributed by atoms with Crippen LogP contribution in [0, 0.1) is 5.92 Å². The van der Waals surface area contributed by atoms with Gasteiger partial charge in [0.1, 0.15) is 24.2 Å². The number of unbranched alkanes of at least 4 members (excludes halogenated alkanes) is 1. The lowest BCUT2D eigenvalue weighted by Crippen LogP contribution is -2.62. The summed E-state index contributed by atoms with van der Waals surface area (Å²) in [5.41, 5.74) is 23.7. The van der Waals surface area contributed by atoms with Crippen molar-refractivity contribution in [1.82, 2.24) is 41.7 Å². The van der Waals surface area contributed by atoms with E-state index in [9.17, 15) is 28.8 Å². The number of nitrogens with zero attached hydrogens (tertiary/aromatic N) is 1. The number of aromatic amines is 2. The van der Waals surface area contributed by atoms with Crippen LogP contribution >= 0.6 is 0 Å². The molecule has 5 rings (SSSR count). The van der Waals surface area contributed by atoms with Gasteiger partial charge in [-0.05, 0) is 67.5 Å². The average molecular weight is 850 g/mol. The second-order valence-electron chi connectivity index (χ2n) is 16.0. The van der Waals surface area contributed by atoms with Gasteiger partial charge in [0, 0.05) is 60.0 Å². The lowest BCUT2D eigenvalue weighted by atomic mass is 10.0. The number of nitrogens with two attached hydrogens (primary N) is 3. The Labute approximate surface area is 360 Å². The summed E-state index contributed by atoms with van der Waals surface area (Å²) in [6.45, 7) is 5.64. The fourth-order valence-corrected chi connectivity index (χ4v) is 7.13. The number of hydrogen-bond donors (Lipinski definition) is 10. The molecule has 13 N–H and O–H groups in total. The SMILES string of the molecule is CC(C)CN(NC(=O)C(Cc1c[nH]c2ccccc12)NC(=O)[C@H](C)N)C(=O)N[C@@H](Cc1c[nH]c2ccccc12)C(=O)N[C@H](Cc1ccccc1)C(=O)N[C@@H](CCCCN)C(N)=O. The first-order chi connectivity index (χ1) is 29.7. The van der Waals surface area contributed by atoms with Crippen LogP contribution in [0.4, 0.5) is 4.79 Å². The Morgan fingerprint density at radius 3 is 1.65 bits per heavy atom. The highest BCUT2D eigenvalue weighted by Crippen LogP contribution is 2.21. The van der Waals surface area contributed by atoms with Crippen LogP contribution in [-0.2, 0) is 43.2 Å². The van der Waals surface area contributed by atoms with E-state index in [2.05, 4.69) is 36.7 Å². The molecule has 0 spiro atoms. The molecular formula is C45H59N11O6. The molecule has 0 bridgehead atoms. The minimum Gasteiger partial charge on any atom is -0.368 e. The molecule has 330 valence electrons. The van der Waals surface area contributed by atoms with Crippen LogP contribution in [0.25, 0.3) is 21.8 Å².